The van der Waals surface area contributed by atoms with E-state index in [4.69, 9.17) is 4.42 Å². The summed E-state index contributed by atoms with van der Waals surface area (Å²) in [7, 11) is 0. The highest BCUT2D eigenvalue weighted by molar-refractivity contribution is 7.99. The van der Waals surface area contributed by atoms with Crippen LogP contribution in [0.3, 0.4) is 0 Å². The van der Waals surface area contributed by atoms with Crippen molar-refractivity contribution in [3.63, 3.8) is 0 Å². The molecular formula is C27H22N6O3S. The van der Waals surface area contributed by atoms with E-state index in [0.29, 0.717) is 22.4 Å². The molecule has 37 heavy (non-hydrogen) atoms. The van der Waals surface area contributed by atoms with Crippen LogP contribution in [0, 0.1) is 6.92 Å². The molecule has 184 valence electrons. The highest BCUT2D eigenvalue weighted by Gasteiger charge is 2.18. The third-order valence-corrected chi connectivity index (χ3v) is 6.36. The maximum absolute atomic E-state index is 12.9. The molecule has 0 fully saturated rings. The number of hydrogen-bond acceptors (Lipinski definition) is 7. The summed E-state index contributed by atoms with van der Waals surface area (Å²) < 4.78 is 7.05. The number of nitrogens with zero attached hydrogens (tertiary/aromatic N) is 4. The molecule has 0 bridgehead atoms. The summed E-state index contributed by atoms with van der Waals surface area (Å²) in [4.78, 5) is 29.3. The monoisotopic (exact) mass is 510 g/mol. The Morgan fingerprint density at radius 1 is 0.946 bits per heavy atom. The minimum absolute atomic E-state index is 0.115. The van der Waals surface area contributed by atoms with E-state index in [2.05, 4.69) is 25.8 Å². The lowest BCUT2D eigenvalue weighted by atomic mass is 10.1. The van der Waals surface area contributed by atoms with E-state index in [9.17, 15) is 9.59 Å². The first-order chi connectivity index (χ1) is 18.1. The summed E-state index contributed by atoms with van der Waals surface area (Å²) in [5.74, 6) is 0.398. The number of benzene rings is 2. The maximum Gasteiger partial charge on any atom is 0.291 e. The van der Waals surface area contributed by atoms with Crippen molar-refractivity contribution in [3.05, 3.63) is 103 Å². The summed E-state index contributed by atoms with van der Waals surface area (Å²) >= 11 is 1.28. The van der Waals surface area contributed by atoms with E-state index in [1.165, 1.54) is 18.0 Å². The van der Waals surface area contributed by atoms with Crippen molar-refractivity contribution in [1.29, 1.82) is 0 Å². The van der Waals surface area contributed by atoms with Gasteiger partial charge in [0.05, 0.1) is 12.0 Å². The van der Waals surface area contributed by atoms with Gasteiger partial charge in [-0.1, -0.05) is 36.0 Å². The summed E-state index contributed by atoms with van der Waals surface area (Å²) in [6, 6.07) is 22.0. The lowest BCUT2D eigenvalue weighted by Crippen LogP contribution is -2.16. The van der Waals surface area contributed by atoms with Crippen molar-refractivity contribution in [2.24, 2.45) is 0 Å². The fraction of sp³-hybridized carbons (Fsp3) is 0.0741. The zero-order valence-electron chi connectivity index (χ0n) is 19.8. The van der Waals surface area contributed by atoms with Gasteiger partial charge in [0, 0.05) is 35.0 Å². The molecule has 0 saturated carbocycles. The number of anilines is 2. The van der Waals surface area contributed by atoms with Crippen LogP contribution in [0.1, 0.15) is 16.1 Å². The molecule has 2 amide bonds. The largest absolute Gasteiger partial charge is 0.459 e. The molecule has 0 aliphatic carbocycles. The number of aryl methyl sites for hydroxylation is 1. The summed E-state index contributed by atoms with van der Waals surface area (Å²) in [6.45, 7) is 1.88. The van der Waals surface area contributed by atoms with Gasteiger partial charge in [0.1, 0.15) is 0 Å². The second-order valence-electron chi connectivity index (χ2n) is 8.01. The van der Waals surface area contributed by atoms with E-state index < -0.39 is 0 Å². The first kappa shape index (κ1) is 24.0. The molecule has 0 aliphatic rings. The van der Waals surface area contributed by atoms with Gasteiger partial charge < -0.3 is 15.1 Å². The first-order valence-electron chi connectivity index (χ1n) is 11.4. The molecule has 5 rings (SSSR count). The van der Waals surface area contributed by atoms with Crippen LogP contribution in [0.15, 0.2) is 101 Å². The van der Waals surface area contributed by atoms with Gasteiger partial charge in [-0.15, -0.1) is 10.2 Å². The molecule has 0 atom stereocenters. The van der Waals surface area contributed by atoms with Crippen molar-refractivity contribution in [2.45, 2.75) is 12.1 Å². The molecule has 0 radical (unpaired) electrons. The van der Waals surface area contributed by atoms with Crippen LogP contribution in [0.4, 0.5) is 11.4 Å². The second kappa shape index (κ2) is 10.9. The molecule has 9 nitrogen and oxygen atoms in total. The minimum atomic E-state index is -0.369. The van der Waals surface area contributed by atoms with E-state index in [-0.39, 0.29) is 23.3 Å². The lowest BCUT2D eigenvalue weighted by Gasteiger charge is -2.12. The first-order valence-corrected chi connectivity index (χ1v) is 12.4. The van der Waals surface area contributed by atoms with Gasteiger partial charge in [0.2, 0.25) is 5.91 Å². The van der Waals surface area contributed by atoms with Gasteiger partial charge in [-0.25, -0.2) is 0 Å². The maximum atomic E-state index is 12.9. The van der Waals surface area contributed by atoms with E-state index >= 15 is 0 Å². The number of thioether (sulfide) groups is 1. The van der Waals surface area contributed by atoms with Crippen LogP contribution in [0.2, 0.25) is 0 Å². The third kappa shape index (κ3) is 5.60. The standard InChI is InChI=1S/C27H22N6O3S/c1-18-9-10-20(29-26(35)23-8-5-15-36-23)16-22(18)30-24(34)17-37-27-32-31-25(19-11-13-28-14-12-19)33(27)21-6-3-2-4-7-21/h2-16H,17H2,1H3,(H,29,35)(H,30,34). The minimum Gasteiger partial charge on any atom is -0.459 e. The summed E-state index contributed by atoms with van der Waals surface area (Å²) in [6.07, 6.45) is 4.84. The lowest BCUT2D eigenvalue weighted by molar-refractivity contribution is -0.113. The normalized spacial score (nSPS) is 10.7. The zero-order valence-corrected chi connectivity index (χ0v) is 20.6. The van der Waals surface area contributed by atoms with E-state index in [1.807, 2.05) is 60.0 Å². The van der Waals surface area contributed by atoms with Crippen LogP contribution in [-0.4, -0.2) is 37.3 Å². The number of furan rings is 1. The predicted molar refractivity (Wildman–Crippen MR) is 142 cm³/mol. The molecule has 0 aliphatic heterocycles. The smallest absolute Gasteiger partial charge is 0.291 e. The van der Waals surface area contributed by atoms with Gasteiger partial charge in [0.25, 0.3) is 5.91 Å². The van der Waals surface area contributed by atoms with Crippen molar-refractivity contribution in [2.75, 3.05) is 16.4 Å². The number of hydrogen-bond donors (Lipinski definition) is 2. The van der Waals surface area contributed by atoms with Crippen molar-refractivity contribution >= 4 is 35.0 Å². The van der Waals surface area contributed by atoms with Gasteiger partial charge in [-0.2, -0.15) is 0 Å². The van der Waals surface area contributed by atoms with Crippen LogP contribution < -0.4 is 10.6 Å². The number of pyridine rings is 1. The summed E-state index contributed by atoms with van der Waals surface area (Å²) in [5, 5.41) is 15.0. The van der Waals surface area contributed by atoms with E-state index in [0.717, 1.165) is 16.8 Å². The van der Waals surface area contributed by atoms with Crippen LogP contribution in [0.5, 0.6) is 0 Å². The number of carbonyl (C=O) groups excluding carboxylic acids is 2. The Bertz CT molecular complexity index is 1520. The molecule has 5 aromatic rings. The predicted octanol–water partition coefficient (Wildman–Crippen LogP) is 5.21. The van der Waals surface area contributed by atoms with Crippen molar-refractivity contribution in [1.82, 2.24) is 19.7 Å². The molecular weight excluding hydrogens is 488 g/mol. The Labute approximate surface area is 217 Å². The van der Waals surface area contributed by atoms with Crippen LogP contribution in [-0.2, 0) is 4.79 Å². The number of nitrogens with one attached hydrogen (secondary N) is 2. The Hall–Kier alpha value is -4.70. The number of carbonyl (C=O) groups is 2. The third-order valence-electron chi connectivity index (χ3n) is 5.43. The molecule has 2 N–H and O–H groups in total. The zero-order chi connectivity index (χ0) is 25.6. The second-order valence-corrected chi connectivity index (χ2v) is 8.95. The van der Waals surface area contributed by atoms with Crippen LogP contribution in [0.25, 0.3) is 17.1 Å². The molecule has 0 saturated heterocycles. The number of aromatic nitrogens is 4. The topological polar surface area (TPSA) is 115 Å². The Morgan fingerprint density at radius 3 is 2.51 bits per heavy atom. The molecule has 0 spiro atoms. The number of para-hydroxylation sites is 1. The van der Waals surface area contributed by atoms with Crippen LogP contribution >= 0.6 is 11.8 Å². The SMILES string of the molecule is Cc1ccc(NC(=O)c2ccco2)cc1NC(=O)CSc1nnc(-c2ccncc2)n1-c1ccccc1. The number of rotatable bonds is 8. The number of amides is 2. The summed E-state index contributed by atoms with van der Waals surface area (Å²) in [5.41, 5.74) is 3.76. The molecule has 10 heteroatoms. The molecule has 0 unspecified atom stereocenters. The van der Waals surface area contributed by atoms with Crippen molar-refractivity contribution < 1.29 is 14.0 Å². The fourth-order valence-corrected chi connectivity index (χ4v) is 4.36. The quantitative estimate of drug-likeness (QED) is 0.275. The fourth-order valence-electron chi connectivity index (χ4n) is 3.61. The van der Waals surface area contributed by atoms with Gasteiger partial charge in [-0.05, 0) is 61.0 Å². The Morgan fingerprint density at radius 2 is 1.76 bits per heavy atom. The highest BCUT2D eigenvalue weighted by Crippen LogP contribution is 2.28. The van der Waals surface area contributed by atoms with Gasteiger partial charge in [-0.3, -0.25) is 19.1 Å². The van der Waals surface area contributed by atoms with Crippen molar-refractivity contribution in [3.8, 4) is 17.1 Å². The highest BCUT2D eigenvalue weighted by atomic mass is 32.2. The van der Waals surface area contributed by atoms with Gasteiger partial charge >= 0.3 is 0 Å². The molecule has 3 heterocycles. The Balaban J connectivity index is 1.31. The average Bonchev–Trinajstić information content (AvgIpc) is 3.61. The molecule has 2 aromatic carbocycles. The Kier molecular flexibility index (Phi) is 7.09. The average molecular weight is 511 g/mol. The van der Waals surface area contributed by atoms with E-state index in [1.54, 1.807) is 36.7 Å². The molecule has 3 aromatic heterocycles. The van der Waals surface area contributed by atoms with Gasteiger partial charge in [0.15, 0.2) is 16.7 Å².